The van der Waals surface area contributed by atoms with Crippen LogP contribution >= 0.6 is 35.0 Å². The van der Waals surface area contributed by atoms with E-state index < -0.39 is 6.04 Å². The van der Waals surface area contributed by atoms with Crippen molar-refractivity contribution in [2.75, 3.05) is 5.75 Å². The molecule has 1 N–H and O–H groups in total. The van der Waals surface area contributed by atoms with Crippen molar-refractivity contribution in [3.8, 4) is 0 Å². The van der Waals surface area contributed by atoms with E-state index in [0.717, 1.165) is 11.1 Å². The first-order valence-electron chi connectivity index (χ1n) is 9.97. The lowest BCUT2D eigenvalue weighted by Gasteiger charge is -2.31. The number of thioether (sulfide) groups is 1. The maximum atomic E-state index is 13.1. The fourth-order valence-electron chi connectivity index (χ4n) is 3.05. The normalized spacial score (nSPS) is 11.9. The molecule has 2 rings (SSSR count). The molecule has 2 amide bonds. The second-order valence-electron chi connectivity index (χ2n) is 7.32. The number of nitrogens with one attached hydrogen (secondary N) is 1. The highest BCUT2D eigenvalue weighted by Gasteiger charge is 2.28. The molecule has 162 valence electrons. The van der Waals surface area contributed by atoms with Gasteiger partial charge in [-0.15, -0.1) is 11.8 Å². The van der Waals surface area contributed by atoms with Crippen LogP contribution in [0.3, 0.4) is 0 Å². The summed E-state index contributed by atoms with van der Waals surface area (Å²) in [5, 5.41) is 4.11. The zero-order valence-electron chi connectivity index (χ0n) is 17.5. The van der Waals surface area contributed by atoms with Crippen molar-refractivity contribution in [2.45, 2.75) is 51.6 Å². The molecule has 4 nitrogen and oxygen atoms in total. The first kappa shape index (κ1) is 24.6. The molecular weight excluding hydrogens is 439 g/mol. The first-order valence-corrected chi connectivity index (χ1v) is 11.9. The van der Waals surface area contributed by atoms with Gasteiger partial charge in [0.15, 0.2) is 0 Å². The molecule has 0 aliphatic rings. The molecule has 1 atom stereocenters. The molecule has 0 spiro atoms. The van der Waals surface area contributed by atoms with E-state index in [9.17, 15) is 9.59 Å². The SMILES string of the molecule is CC[C@H](C(=O)NC(C)C)N(Cc1ccccc1)C(=O)CSCc1ccc(Cl)cc1Cl. The van der Waals surface area contributed by atoms with Gasteiger partial charge in [-0.05, 0) is 43.5 Å². The van der Waals surface area contributed by atoms with Gasteiger partial charge in [0.05, 0.1) is 5.75 Å². The van der Waals surface area contributed by atoms with Gasteiger partial charge in [-0.25, -0.2) is 0 Å². The van der Waals surface area contributed by atoms with Gasteiger partial charge < -0.3 is 10.2 Å². The Morgan fingerprint density at radius 3 is 2.40 bits per heavy atom. The number of carbonyl (C=O) groups is 2. The standard InChI is InChI=1S/C23H28Cl2N2O2S/c1-4-21(23(29)26-16(2)3)27(13-17-8-6-5-7-9-17)22(28)15-30-14-18-10-11-19(24)12-20(18)25/h5-12,16,21H,4,13-15H2,1-3H3,(H,26,29)/t21-/m1/s1. The van der Waals surface area contributed by atoms with Crippen LogP contribution in [0.1, 0.15) is 38.3 Å². The molecule has 0 radical (unpaired) electrons. The van der Waals surface area contributed by atoms with Gasteiger partial charge in [0, 0.05) is 28.4 Å². The summed E-state index contributed by atoms with van der Waals surface area (Å²) in [5.74, 6) is 0.662. The number of carbonyl (C=O) groups excluding carboxylic acids is 2. The highest BCUT2D eigenvalue weighted by Crippen LogP contribution is 2.25. The lowest BCUT2D eigenvalue weighted by Crippen LogP contribution is -2.50. The summed E-state index contributed by atoms with van der Waals surface area (Å²) in [7, 11) is 0. The summed E-state index contributed by atoms with van der Waals surface area (Å²) in [4.78, 5) is 27.6. The molecule has 0 saturated heterocycles. The fourth-order valence-corrected chi connectivity index (χ4v) is 4.52. The number of hydrogen-bond donors (Lipinski definition) is 1. The number of hydrogen-bond acceptors (Lipinski definition) is 3. The number of halogens is 2. The Hall–Kier alpha value is -1.69. The van der Waals surface area contributed by atoms with Crippen LogP contribution in [0.4, 0.5) is 0 Å². The third kappa shape index (κ3) is 7.53. The topological polar surface area (TPSA) is 49.4 Å². The molecule has 0 bridgehead atoms. The molecule has 0 saturated carbocycles. The van der Waals surface area contributed by atoms with Gasteiger partial charge in [0.2, 0.25) is 11.8 Å². The van der Waals surface area contributed by atoms with Crippen LogP contribution in [0.5, 0.6) is 0 Å². The van der Waals surface area contributed by atoms with E-state index in [-0.39, 0.29) is 23.6 Å². The van der Waals surface area contributed by atoms with Crippen LogP contribution in [-0.4, -0.2) is 34.6 Å². The average Bonchev–Trinajstić information content (AvgIpc) is 2.69. The summed E-state index contributed by atoms with van der Waals surface area (Å²) < 4.78 is 0. The van der Waals surface area contributed by atoms with Crippen LogP contribution in [0.15, 0.2) is 48.5 Å². The van der Waals surface area contributed by atoms with E-state index in [2.05, 4.69) is 5.32 Å². The van der Waals surface area contributed by atoms with Crippen molar-refractivity contribution in [1.29, 1.82) is 0 Å². The molecule has 0 heterocycles. The summed E-state index contributed by atoms with van der Waals surface area (Å²) in [6.07, 6.45) is 0.546. The average molecular weight is 467 g/mol. The molecule has 0 unspecified atom stereocenters. The zero-order valence-corrected chi connectivity index (χ0v) is 19.9. The molecule has 0 aromatic heterocycles. The van der Waals surface area contributed by atoms with E-state index in [1.807, 2.05) is 57.2 Å². The first-order chi connectivity index (χ1) is 14.3. The molecule has 7 heteroatoms. The van der Waals surface area contributed by atoms with Gasteiger partial charge in [-0.2, -0.15) is 0 Å². The van der Waals surface area contributed by atoms with Crippen LogP contribution in [0.2, 0.25) is 10.0 Å². The van der Waals surface area contributed by atoms with Gasteiger partial charge in [-0.3, -0.25) is 9.59 Å². The minimum atomic E-state index is -0.514. The second kappa shape index (κ2) is 12.2. The smallest absolute Gasteiger partial charge is 0.243 e. The van der Waals surface area contributed by atoms with E-state index in [0.29, 0.717) is 28.8 Å². The van der Waals surface area contributed by atoms with E-state index in [1.54, 1.807) is 17.0 Å². The fraction of sp³-hybridized carbons (Fsp3) is 0.391. The van der Waals surface area contributed by atoms with Crippen LogP contribution in [-0.2, 0) is 21.9 Å². The molecule has 2 aromatic carbocycles. The van der Waals surface area contributed by atoms with Gasteiger partial charge in [-0.1, -0.05) is 66.5 Å². The molecule has 0 fully saturated rings. The van der Waals surface area contributed by atoms with Crippen molar-refractivity contribution >= 4 is 46.8 Å². The van der Waals surface area contributed by atoms with Crippen molar-refractivity contribution in [3.63, 3.8) is 0 Å². The van der Waals surface area contributed by atoms with Crippen molar-refractivity contribution in [3.05, 3.63) is 69.7 Å². The van der Waals surface area contributed by atoms with Crippen LogP contribution in [0.25, 0.3) is 0 Å². The van der Waals surface area contributed by atoms with Gasteiger partial charge in [0.1, 0.15) is 6.04 Å². The zero-order chi connectivity index (χ0) is 22.1. The maximum absolute atomic E-state index is 13.1. The summed E-state index contributed by atoms with van der Waals surface area (Å²) in [6, 6.07) is 14.6. The van der Waals surface area contributed by atoms with E-state index in [1.165, 1.54) is 11.8 Å². The Labute approximate surface area is 193 Å². The quantitative estimate of drug-likeness (QED) is 0.498. The minimum Gasteiger partial charge on any atom is -0.352 e. The largest absolute Gasteiger partial charge is 0.352 e. The van der Waals surface area contributed by atoms with Crippen LogP contribution in [0, 0.1) is 0 Å². The highest BCUT2D eigenvalue weighted by atomic mass is 35.5. The molecule has 0 aliphatic heterocycles. The van der Waals surface area contributed by atoms with Crippen molar-refractivity contribution in [2.24, 2.45) is 0 Å². The predicted octanol–water partition coefficient (Wildman–Crippen LogP) is 5.56. The third-order valence-electron chi connectivity index (χ3n) is 4.51. The summed E-state index contributed by atoms with van der Waals surface area (Å²) >= 11 is 13.7. The Balaban J connectivity index is 2.11. The monoisotopic (exact) mass is 466 g/mol. The molecular formula is C23H28Cl2N2O2S. The lowest BCUT2D eigenvalue weighted by atomic mass is 10.1. The van der Waals surface area contributed by atoms with E-state index in [4.69, 9.17) is 23.2 Å². The lowest BCUT2D eigenvalue weighted by molar-refractivity contribution is -0.139. The number of benzene rings is 2. The number of nitrogens with zero attached hydrogens (tertiary/aromatic N) is 1. The number of amides is 2. The Morgan fingerprint density at radius 2 is 1.80 bits per heavy atom. The Bertz CT molecular complexity index is 846. The third-order valence-corrected chi connectivity index (χ3v) is 6.06. The summed E-state index contributed by atoms with van der Waals surface area (Å²) in [6.45, 7) is 6.15. The minimum absolute atomic E-state index is 0.0154. The van der Waals surface area contributed by atoms with E-state index >= 15 is 0 Å². The molecule has 2 aromatic rings. The summed E-state index contributed by atoms with van der Waals surface area (Å²) in [5.41, 5.74) is 1.92. The Morgan fingerprint density at radius 1 is 1.10 bits per heavy atom. The Kier molecular flexibility index (Phi) is 10.0. The molecule has 0 aliphatic carbocycles. The second-order valence-corrected chi connectivity index (χ2v) is 9.15. The van der Waals surface area contributed by atoms with Gasteiger partial charge >= 0.3 is 0 Å². The van der Waals surface area contributed by atoms with Crippen molar-refractivity contribution < 1.29 is 9.59 Å². The maximum Gasteiger partial charge on any atom is 0.243 e. The van der Waals surface area contributed by atoms with Crippen LogP contribution < -0.4 is 5.32 Å². The van der Waals surface area contributed by atoms with Crippen molar-refractivity contribution in [1.82, 2.24) is 10.2 Å². The number of rotatable bonds is 10. The predicted molar refractivity (Wildman–Crippen MR) is 127 cm³/mol. The molecule has 30 heavy (non-hydrogen) atoms. The van der Waals surface area contributed by atoms with Gasteiger partial charge in [0.25, 0.3) is 0 Å². The highest BCUT2D eigenvalue weighted by molar-refractivity contribution is 7.99.